The summed E-state index contributed by atoms with van der Waals surface area (Å²) in [6.45, 7) is 0. The van der Waals surface area contributed by atoms with Gasteiger partial charge in [-0.3, -0.25) is 0 Å². The molecule has 0 fully saturated rings. The van der Waals surface area contributed by atoms with E-state index >= 15 is 0 Å². The molecule has 0 N–H and O–H groups in total. The average molecular weight is 358 g/mol. The number of hydrogen-bond donors (Lipinski definition) is 0. The maximum Gasteiger partial charge on any atom is 0.126 e. The van der Waals surface area contributed by atoms with Crippen LogP contribution in [0.5, 0.6) is 0 Å². The summed E-state index contributed by atoms with van der Waals surface area (Å²) in [6, 6.07) is 19.6. The second kappa shape index (κ2) is 5.78. The Morgan fingerprint density at radius 2 is 1.81 bits per heavy atom. The normalized spacial score (nSPS) is 11.5. The minimum absolute atomic E-state index is 0.226. The van der Waals surface area contributed by atoms with Crippen LogP contribution in [0, 0.1) is 5.82 Å². The first kappa shape index (κ1) is 15.3. The van der Waals surface area contributed by atoms with Gasteiger partial charge < -0.3 is 4.57 Å². The summed E-state index contributed by atoms with van der Waals surface area (Å²) in [6.07, 6.45) is 2.02. The van der Waals surface area contributed by atoms with Gasteiger partial charge in [0.05, 0.1) is 5.69 Å². The van der Waals surface area contributed by atoms with E-state index in [2.05, 4.69) is 35.7 Å². The maximum absolute atomic E-state index is 13.7. The third kappa shape index (κ3) is 2.42. The van der Waals surface area contributed by atoms with Crippen LogP contribution in [0.4, 0.5) is 4.39 Å². The number of benzene rings is 3. The van der Waals surface area contributed by atoms with E-state index in [-0.39, 0.29) is 5.82 Å². The van der Waals surface area contributed by atoms with E-state index < -0.39 is 0 Å². The van der Waals surface area contributed by atoms with E-state index in [1.807, 2.05) is 36.0 Å². The first-order valence-corrected chi connectivity index (χ1v) is 9.27. The number of nitrogens with zero attached hydrogens (tertiary/aromatic N) is 2. The molecule has 0 unspecified atom stereocenters. The van der Waals surface area contributed by atoms with Crippen molar-refractivity contribution in [1.29, 1.82) is 0 Å². The van der Waals surface area contributed by atoms with Crippen molar-refractivity contribution < 1.29 is 4.39 Å². The molecule has 2 nitrogen and oxygen atoms in total. The van der Waals surface area contributed by atoms with Crippen LogP contribution in [-0.2, 0) is 7.05 Å². The monoisotopic (exact) mass is 358 g/mol. The largest absolute Gasteiger partial charge is 0.350 e. The number of hydrogen-bond acceptors (Lipinski definition) is 2. The molecule has 0 bridgehead atoms. The summed E-state index contributed by atoms with van der Waals surface area (Å²) in [5.41, 5.74) is 4.02. The molecule has 0 aliphatic rings. The first-order chi connectivity index (χ1) is 12.7. The number of halogens is 1. The lowest BCUT2D eigenvalue weighted by atomic mass is 10.1. The Hall–Kier alpha value is -2.98. The Balaban J connectivity index is 1.63. The SMILES string of the molecule is Cn1cc(-c2nc(-c3ccc4ccccc4c3)cs2)c2cc(F)ccc21. The highest BCUT2D eigenvalue weighted by Gasteiger charge is 2.14. The molecule has 0 aliphatic heterocycles. The van der Waals surface area contributed by atoms with Gasteiger partial charge in [-0.2, -0.15) is 0 Å². The zero-order chi connectivity index (χ0) is 17.7. The Labute approximate surface area is 154 Å². The summed E-state index contributed by atoms with van der Waals surface area (Å²) in [4.78, 5) is 4.83. The summed E-state index contributed by atoms with van der Waals surface area (Å²) in [7, 11) is 1.97. The van der Waals surface area contributed by atoms with E-state index in [1.54, 1.807) is 17.4 Å². The summed E-state index contributed by atoms with van der Waals surface area (Å²) < 4.78 is 15.7. The molecule has 5 aromatic rings. The molecule has 0 radical (unpaired) electrons. The molecule has 2 heterocycles. The zero-order valence-electron chi connectivity index (χ0n) is 14.1. The fourth-order valence-corrected chi connectivity index (χ4v) is 4.27. The molecule has 0 saturated heterocycles. The maximum atomic E-state index is 13.7. The van der Waals surface area contributed by atoms with E-state index in [0.717, 1.165) is 32.7 Å². The predicted molar refractivity (Wildman–Crippen MR) is 107 cm³/mol. The van der Waals surface area contributed by atoms with Crippen LogP contribution < -0.4 is 0 Å². The van der Waals surface area contributed by atoms with Crippen LogP contribution in [0.1, 0.15) is 0 Å². The molecule has 0 atom stereocenters. The first-order valence-electron chi connectivity index (χ1n) is 8.39. The van der Waals surface area contributed by atoms with E-state index in [0.29, 0.717) is 0 Å². The predicted octanol–water partition coefficient (Wildman–Crippen LogP) is 6.26. The quantitative estimate of drug-likeness (QED) is 0.364. The van der Waals surface area contributed by atoms with Crippen LogP contribution in [-0.4, -0.2) is 9.55 Å². The highest BCUT2D eigenvalue weighted by Crippen LogP contribution is 2.35. The highest BCUT2D eigenvalue weighted by atomic mass is 32.1. The molecule has 5 rings (SSSR count). The molecule has 0 amide bonds. The fourth-order valence-electron chi connectivity index (χ4n) is 3.41. The Morgan fingerprint density at radius 3 is 2.69 bits per heavy atom. The average Bonchev–Trinajstić information content (AvgIpc) is 3.26. The summed E-state index contributed by atoms with van der Waals surface area (Å²) in [5.74, 6) is -0.226. The van der Waals surface area contributed by atoms with Gasteiger partial charge in [0.25, 0.3) is 0 Å². The second-order valence-corrected chi connectivity index (χ2v) is 7.27. The van der Waals surface area contributed by atoms with E-state index in [1.165, 1.54) is 16.8 Å². The summed E-state index contributed by atoms with van der Waals surface area (Å²) in [5, 5.41) is 6.29. The van der Waals surface area contributed by atoms with Crippen LogP contribution >= 0.6 is 11.3 Å². The van der Waals surface area contributed by atoms with Crippen molar-refractivity contribution >= 4 is 33.0 Å². The van der Waals surface area contributed by atoms with Gasteiger partial charge in [0.1, 0.15) is 10.8 Å². The molecule has 126 valence electrons. The van der Waals surface area contributed by atoms with Crippen molar-refractivity contribution in [2.24, 2.45) is 7.05 Å². The smallest absolute Gasteiger partial charge is 0.126 e. The van der Waals surface area contributed by atoms with Gasteiger partial charge in [-0.15, -0.1) is 11.3 Å². The molecular weight excluding hydrogens is 343 g/mol. The number of rotatable bonds is 2. The van der Waals surface area contributed by atoms with Crippen LogP contribution in [0.15, 0.2) is 72.2 Å². The topological polar surface area (TPSA) is 17.8 Å². The fraction of sp³-hybridized carbons (Fsp3) is 0.0455. The Bertz CT molecular complexity index is 1270. The van der Waals surface area contributed by atoms with Gasteiger partial charge in [-0.25, -0.2) is 9.37 Å². The van der Waals surface area contributed by atoms with E-state index in [9.17, 15) is 4.39 Å². The number of aryl methyl sites for hydroxylation is 1. The van der Waals surface area contributed by atoms with Crippen molar-refractivity contribution in [2.75, 3.05) is 0 Å². The number of fused-ring (bicyclic) bond motifs is 2. The van der Waals surface area contributed by atoms with Gasteiger partial charge in [0.2, 0.25) is 0 Å². The highest BCUT2D eigenvalue weighted by molar-refractivity contribution is 7.13. The molecule has 2 aromatic heterocycles. The molecular formula is C22H15FN2S. The molecule has 0 saturated carbocycles. The standard InChI is InChI=1S/C22H15FN2S/c1-25-12-19(18-11-17(23)8-9-21(18)25)22-24-20(13-26-22)16-7-6-14-4-2-3-5-15(14)10-16/h2-13H,1H3. The van der Waals surface area contributed by atoms with Crippen LogP contribution in [0.2, 0.25) is 0 Å². The minimum atomic E-state index is -0.226. The van der Waals surface area contributed by atoms with Gasteiger partial charge in [-0.1, -0.05) is 36.4 Å². The second-order valence-electron chi connectivity index (χ2n) is 6.41. The van der Waals surface area contributed by atoms with Crippen LogP contribution in [0.25, 0.3) is 43.5 Å². The summed E-state index contributed by atoms with van der Waals surface area (Å²) >= 11 is 1.59. The van der Waals surface area contributed by atoms with Gasteiger partial charge >= 0.3 is 0 Å². The zero-order valence-corrected chi connectivity index (χ0v) is 14.9. The van der Waals surface area contributed by atoms with Gasteiger partial charge in [-0.05, 0) is 35.0 Å². The lowest BCUT2D eigenvalue weighted by molar-refractivity contribution is 0.629. The van der Waals surface area contributed by atoms with Crippen molar-refractivity contribution in [3.63, 3.8) is 0 Å². The Kier molecular flexibility index (Phi) is 3.40. The molecule has 26 heavy (non-hydrogen) atoms. The number of thiazole rings is 1. The van der Waals surface area contributed by atoms with Crippen molar-refractivity contribution in [2.45, 2.75) is 0 Å². The minimum Gasteiger partial charge on any atom is -0.350 e. The van der Waals surface area contributed by atoms with Gasteiger partial charge in [0.15, 0.2) is 0 Å². The lowest BCUT2D eigenvalue weighted by Crippen LogP contribution is -1.83. The Morgan fingerprint density at radius 1 is 0.962 bits per heavy atom. The van der Waals surface area contributed by atoms with Crippen molar-refractivity contribution in [3.8, 4) is 21.8 Å². The van der Waals surface area contributed by atoms with Gasteiger partial charge in [0, 0.05) is 40.7 Å². The third-order valence-electron chi connectivity index (χ3n) is 4.73. The molecule has 4 heteroatoms. The van der Waals surface area contributed by atoms with Crippen LogP contribution in [0.3, 0.4) is 0 Å². The number of aromatic nitrogens is 2. The lowest BCUT2D eigenvalue weighted by Gasteiger charge is -2.01. The van der Waals surface area contributed by atoms with Crippen molar-refractivity contribution in [3.05, 3.63) is 78.1 Å². The van der Waals surface area contributed by atoms with Crippen molar-refractivity contribution in [1.82, 2.24) is 9.55 Å². The third-order valence-corrected chi connectivity index (χ3v) is 5.61. The molecule has 3 aromatic carbocycles. The van der Waals surface area contributed by atoms with E-state index in [4.69, 9.17) is 4.98 Å². The molecule has 0 aliphatic carbocycles. The molecule has 0 spiro atoms.